The van der Waals surface area contributed by atoms with Crippen LogP contribution in [-0.4, -0.2) is 17.6 Å². The molecule has 2 N–H and O–H groups in total. The zero-order valence-electron chi connectivity index (χ0n) is 10.8. The van der Waals surface area contributed by atoms with Gasteiger partial charge in [0.2, 0.25) is 0 Å². The molecule has 1 heterocycles. The molecular formula is C15H16N2O2. The van der Waals surface area contributed by atoms with Crippen LogP contribution in [-0.2, 0) is 11.2 Å². The second-order valence-corrected chi connectivity index (χ2v) is 4.32. The van der Waals surface area contributed by atoms with Gasteiger partial charge in [-0.25, -0.2) is 4.79 Å². The quantitative estimate of drug-likeness (QED) is 0.673. The minimum Gasteiger partial charge on any atom is -0.462 e. The largest absolute Gasteiger partial charge is 0.462 e. The van der Waals surface area contributed by atoms with Crippen LogP contribution in [0.25, 0.3) is 0 Å². The fourth-order valence-corrected chi connectivity index (χ4v) is 1.75. The zero-order valence-corrected chi connectivity index (χ0v) is 10.8. The highest BCUT2D eigenvalue weighted by molar-refractivity contribution is 5.92. The molecule has 0 aliphatic rings. The summed E-state index contributed by atoms with van der Waals surface area (Å²) < 4.78 is 5.25. The second kappa shape index (κ2) is 6.00. The number of pyridine rings is 1. The van der Waals surface area contributed by atoms with Crippen molar-refractivity contribution in [2.45, 2.75) is 13.3 Å². The number of carbonyl (C=O) groups excluding carboxylic acids is 1. The van der Waals surface area contributed by atoms with E-state index < -0.39 is 0 Å². The van der Waals surface area contributed by atoms with Gasteiger partial charge < -0.3 is 10.5 Å². The van der Waals surface area contributed by atoms with Crippen molar-refractivity contribution < 1.29 is 9.53 Å². The number of anilines is 1. The average molecular weight is 256 g/mol. The van der Waals surface area contributed by atoms with Gasteiger partial charge in [0.05, 0.1) is 12.2 Å². The van der Waals surface area contributed by atoms with Crippen LogP contribution in [0.3, 0.4) is 0 Å². The van der Waals surface area contributed by atoms with Gasteiger partial charge in [-0.1, -0.05) is 6.07 Å². The van der Waals surface area contributed by atoms with Gasteiger partial charge >= 0.3 is 5.97 Å². The number of hydrogen-bond donors (Lipinski definition) is 1. The van der Waals surface area contributed by atoms with E-state index in [-0.39, 0.29) is 5.97 Å². The normalized spacial score (nSPS) is 10.2. The summed E-state index contributed by atoms with van der Waals surface area (Å²) in [6.45, 7) is 2.20. The van der Waals surface area contributed by atoms with Gasteiger partial charge in [-0.15, -0.1) is 0 Å². The number of nitrogens with zero attached hydrogens (tertiary/aromatic N) is 1. The van der Waals surface area contributed by atoms with E-state index in [4.69, 9.17) is 10.5 Å². The summed E-state index contributed by atoms with van der Waals surface area (Å²) in [5, 5.41) is 0. The number of rotatable bonds is 4. The summed E-state index contributed by atoms with van der Waals surface area (Å²) >= 11 is 0. The van der Waals surface area contributed by atoms with Crippen molar-refractivity contribution >= 4 is 11.7 Å². The predicted molar refractivity (Wildman–Crippen MR) is 73.8 cm³/mol. The van der Waals surface area contributed by atoms with Crippen molar-refractivity contribution in [1.29, 1.82) is 0 Å². The fourth-order valence-electron chi connectivity index (χ4n) is 1.75. The molecule has 4 heteroatoms. The molecular weight excluding hydrogens is 240 g/mol. The maximum Gasteiger partial charge on any atom is 0.338 e. The zero-order chi connectivity index (χ0) is 13.7. The fraction of sp³-hybridized carbons (Fsp3) is 0.200. The maximum absolute atomic E-state index is 11.9. The molecule has 2 aromatic rings. The Morgan fingerprint density at radius 3 is 2.74 bits per heavy atom. The summed E-state index contributed by atoms with van der Waals surface area (Å²) in [5.41, 5.74) is 8.71. The molecule has 0 saturated heterocycles. The molecule has 0 amide bonds. The summed E-state index contributed by atoms with van der Waals surface area (Å²) in [5.74, 6) is -0.334. The van der Waals surface area contributed by atoms with E-state index in [0.29, 0.717) is 24.3 Å². The van der Waals surface area contributed by atoms with Gasteiger partial charge in [0, 0.05) is 24.5 Å². The summed E-state index contributed by atoms with van der Waals surface area (Å²) in [6, 6.07) is 9.03. The summed E-state index contributed by atoms with van der Waals surface area (Å²) in [6.07, 6.45) is 4.12. The molecule has 19 heavy (non-hydrogen) atoms. The van der Waals surface area contributed by atoms with E-state index in [1.165, 1.54) is 0 Å². The van der Waals surface area contributed by atoms with Crippen LogP contribution in [0, 0.1) is 6.92 Å². The van der Waals surface area contributed by atoms with Gasteiger partial charge in [0.15, 0.2) is 0 Å². The first-order valence-corrected chi connectivity index (χ1v) is 6.09. The Balaban J connectivity index is 1.93. The van der Waals surface area contributed by atoms with Gasteiger partial charge in [0.1, 0.15) is 0 Å². The van der Waals surface area contributed by atoms with Gasteiger partial charge in [-0.05, 0) is 42.3 Å². The lowest BCUT2D eigenvalue weighted by Crippen LogP contribution is -2.10. The Labute approximate surface area is 112 Å². The molecule has 0 aliphatic heterocycles. The smallest absolute Gasteiger partial charge is 0.338 e. The van der Waals surface area contributed by atoms with Crippen LogP contribution < -0.4 is 5.73 Å². The summed E-state index contributed by atoms with van der Waals surface area (Å²) in [4.78, 5) is 15.9. The number of hydrogen-bond acceptors (Lipinski definition) is 4. The molecule has 0 aliphatic carbocycles. The molecule has 0 spiro atoms. The lowest BCUT2D eigenvalue weighted by Gasteiger charge is -2.08. The number of ether oxygens (including phenoxy) is 1. The molecule has 0 unspecified atom stereocenters. The van der Waals surface area contributed by atoms with Crippen LogP contribution >= 0.6 is 0 Å². The molecule has 4 nitrogen and oxygen atoms in total. The monoisotopic (exact) mass is 256 g/mol. The van der Waals surface area contributed by atoms with E-state index in [1.807, 2.05) is 25.1 Å². The standard InChI is InChI=1S/C15H16N2O2/c1-11-2-3-13(16)10-14(11)15(18)19-9-6-12-4-7-17-8-5-12/h2-5,7-8,10H,6,9,16H2,1H3. The van der Waals surface area contributed by atoms with Crippen LogP contribution in [0.4, 0.5) is 5.69 Å². The minimum absolute atomic E-state index is 0.334. The topological polar surface area (TPSA) is 65.2 Å². The van der Waals surface area contributed by atoms with Crippen molar-refractivity contribution in [3.05, 3.63) is 59.4 Å². The lowest BCUT2D eigenvalue weighted by molar-refractivity contribution is 0.0508. The first-order valence-electron chi connectivity index (χ1n) is 6.09. The number of aryl methyl sites for hydroxylation is 1. The summed E-state index contributed by atoms with van der Waals surface area (Å²) in [7, 11) is 0. The Morgan fingerprint density at radius 2 is 2.00 bits per heavy atom. The molecule has 0 saturated carbocycles. The second-order valence-electron chi connectivity index (χ2n) is 4.32. The molecule has 1 aromatic heterocycles. The SMILES string of the molecule is Cc1ccc(N)cc1C(=O)OCCc1ccncc1. The third-order valence-corrected chi connectivity index (χ3v) is 2.85. The van der Waals surface area contributed by atoms with Crippen molar-refractivity contribution in [2.75, 3.05) is 12.3 Å². The first kappa shape index (κ1) is 13.1. The van der Waals surface area contributed by atoms with E-state index in [9.17, 15) is 4.79 Å². The van der Waals surface area contributed by atoms with E-state index >= 15 is 0 Å². The molecule has 0 atom stereocenters. The predicted octanol–water partition coefficient (Wildman–Crippen LogP) is 2.37. The third-order valence-electron chi connectivity index (χ3n) is 2.85. The molecule has 0 bridgehead atoms. The molecule has 98 valence electrons. The Kier molecular flexibility index (Phi) is 4.13. The molecule has 0 fully saturated rings. The van der Waals surface area contributed by atoms with Crippen LogP contribution in [0.15, 0.2) is 42.7 Å². The van der Waals surface area contributed by atoms with Crippen LogP contribution in [0.5, 0.6) is 0 Å². The van der Waals surface area contributed by atoms with Crippen molar-refractivity contribution in [3.63, 3.8) is 0 Å². The number of esters is 1. The van der Waals surface area contributed by atoms with Crippen molar-refractivity contribution in [1.82, 2.24) is 4.98 Å². The number of aromatic nitrogens is 1. The highest BCUT2D eigenvalue weighted by Crippen LogP contribution is 2.14. The Hall–Kier alpha value is -2.36. The highest BCUT2D eigenvalue weighted by atomic mass is 16.5. The average Bonchev–Trinajstić information content (AvgIpc) is 2.42. The highest BCUT2D eigenvalue weighted by Gasteiger charge is 2.10. The number of nitrogens with two attached hydrogens (primary N) is 1. The van der Waals surface area contributed by atoms with E-state index in [0.717, 1.165) is 11.1 Å². The van der Waals surface area contributed by atoms with Crippen molar-refractivity contribution in [2.24, 2.45) is 0 Å². The number of nitrogen functional groups attached to an aromatic ring is 1. The van der Waals surface area contributed by atoms with E-state index in [2.05, 4.69) is 4.98 Å². The Bertz CT molecular complexity index is 568. The van der Waals surface area contributed by atoms with Crippen LogP contribution in [0.1, 0.15) is 21.5 Å². The van der Waals surface area contributed by atoms with Crippen molar-refractivity contribution in [3.8, 4) is 0 Å². The van der Waals surface area contributed by atoms with Gasteiger partial charge in [0.25, 0.3) is 0 Å². The number of carbonyl (C=O) groups is 1. The van der Waals surface area contributed by atoms with Gasteiger partial charge in [-0.3, -0.25) is 4.98 Å². The first-order chi connectivity index (χ1) is 9.16. The minimum atomic E-state index is -0.334. The lowest BCUT2D eigenvalue weighted by atomic mass is 10.1. The molecule has 2 rings (SSSR count). The molecule has 1 aromatic carbocycles. The maximum atomic E-state index is 11.9. The molecule has 0 radical (unpaired) electrons. The van der Waals surface area contributed by atoms with Crippen LogP contribution in [0.2, 0.25) is 0 Å². The van der Waals surface area contributed by atoms with Gasteiger partial charge in [-0.2, -0.15) is 0 Å². The Morgan fingerprint density at radius 1 is 1.26 bits per heavy atom. The third kappa shape index (κ3) is 3.55. The van der Waals surface area contributed by atoms with E-state index in [1.54, 1.807) is 24.5 Å². The number of benzene rings is 1.